The molecule has 3 amide bonds. The third-order valence-electron chi connectivity index (χ3n) is 8.20. The van der Waals surface area contributed by atoms with E-state index in [0.717, 1.165) is 17.0 Å². The molecule has 1 N–H and O–H groups in total. The van der Waals surface area contributed by atoms with Gasteiger partial charge < -0.3 is 24.6 Å². The molecule has 3 aliphatic heterocycles. The number of carbonyl (C=O) groups is 3. The highest BCUT2D eigenvalue weighted by atomic mass is 19.3. The van der Waals surface area contributed by atoms with E-state index in [0.29, 0.717) is 42.9 Å². The molecule has 0 aliphatic carbocycles. The monoisotopic (exact) mass is 634 g/mol. The molecule has 2 saturated heterocycles. The Bertz CT molecular complexity index is 1680. The van der Waals surface area contributed by atoms with Crippen LogP contribution in [0.2, 0.25) is 0 Å². The number of anilines is 3. The molecular weight excluding hydrogens is 604 g/mol. The van der Waals surface area contributed by atoms with E-state index in [1.165, 1.54) is 9.58 Å². The van der Waals surface area contributed by atoms with Gasteiger partial charge in [-0.1, -0.05) is 0 Å². The summed E-state index contributed by atoms with van der Waals surface area (Å²) in [4.78, 5) is 53.6. The topological polar surface area (TPSA) is 118 Å². The maximum absolute atomic E-state index is 15.4. The van der Waals surface area contributed by atoms with Crippen LogP contribution in [0.1, 0.15) is 12.8 Å². The molecule has 3 aliphatic rings. The smallest absolute Gasteiger partial charge is 0.414 e. The van der Waals surface area contributed by atoms with Crippen molar-refractivity contribution in [3.8, 4) is 0 Å². The number of hydrogen-bond acceptors (Lipinski definition) is 7. The molecule has 3 aromatic rings. The number of fused-ring (bicyclic) bond motifs is 3. The van der Waals surface area contributed by atoms with Crippen molar-refractivity contribution in [2.45, 2.75) is 38.5 Å². The minimum atomic E-state index is -3.12. The Morgan fingerprint density at radius 1 is 0.933 bits per heavy atom. The molecule has 0 unspecified atom stereocenters. The van der Waals surface area contributed by atoms with E-state index < -0.39 is 42.5 Å². The predicted octanol–water partition coefficient (Wildman–Crippen LogP) is 3.41. The zero-order chi connectivity index (χ0) is 31.8. The van der Waals surface area contributed by atoms with Crippen LogP contribution in [0, 0.1) is 11.6 Å². The van der Waals surface area contributed by atoms with Gasteiger partial charge in [0, 0.05) is 50.4 Å². The summed E-state index contributed by atoms with van der Waals surface area (Å²) in [6, 6.07) is 6.73. The molecule has 4 heterocycles. The number of urea groups is 1. The van der Waals surface area contributed by atoms with Gasteiger partial charge in [-0.25, -0.2) is 31.8 Å². The summed E-state index contributed by atoms with van der Waals surface area (Å²) in [7, 11) is 0. The Balaban J connectivity index is 1.15. The first-order valence-electron chi connectivity index (χ1n) is 14.5. The number of carbonyl (C=O) groups excluding carboxylic acids is 3. The number of Topliss-reactive ketones (excluding diaryl/α,β-unsaturated/α-hetero) is 1. The molecule has 240 valence electrons. The lowest BCUT2D eigenvalue weighted by molar-refractivity contribution is -0.129. The van der Waals surface area contributed by atoms with Crippen molar-refractivity contribution in [2.75, 3.05) is 61.1 Å². The molecule has 45 heavy (non-hydrogen) atoms. The average molecular weight is 635 g/mol. The third kappa shape index (κ3) is 6.06. The Morgan fingerprint density at radius 2 is 1.62 bits per heavy atom. The summed E-state index contributed by atoms with van der Waals surface area (Å²) in [5.74, 6) is -3.14. The second-order valence-electron chi connectivity index (χ2n) is 11.0. The lowest BCUT2D eigenvalue weighted by Crippen LogP contribution is -2.43. The van der Waals surface area contributed by atoms with Gasteiger partial charge >= 0.3 is 12.1 Å². The standard InChI is InChI=1S/C29H30F4N6O6/c30-21-14-18(37-16-19(45-29(37)43)2-4-24(40)26(32)33)15-22(31)25(21)35-5-7-38-23-3-1-17(13-20(23)27(41)39(38)8-6-35)34-28(42)36-9-11-44-12-10-36/h1,3,13-15,19,26H,2,4-12,16H2,(H,34,42)/t19-/m0/s1. The van der Waals surface area contributed by atoms with Crippen LogP contribution in [0.25, 0.3) is 10.9 Å². The van der Waals surface area contributed by atoms with E-state index >= 15 is 8.78 Å². The van der Waals surface area contributed by atoms with Crippen molar-refractivity contribution < 1.29 is 41.4 Å². The number of amides is 3. The fourth-order valence-electron chi connectivity index (χ4n) is 5.89. The van der Waals surface area contributed by atoms with Crippen molar-refractivity contribution in [1.29, 1.82) is 0 Å². The van der Waals surface area contributed by atoms with Gasteiger partial charge in [0.15, 0.2) is 17.4 Å². The normalized spacial score (nSPS) is 18.7. The molecular formula is C29H30F4N6O6. The average Bonchev–Trinajstić information content (AvgIpc) is 3.42. The van der Waals surface area contributed by atoms with Gasteiger partial charge in [-0.3, -0.25) is 19.2 Å². The Kier molecular flexibility index (Phi) is 8.40. The van der Waals surface area contributed by atoms with E-state index in [4.69, 9.17) is 9.47 Å². The van der Waals surface area contributed by atoms with Crippen LogP contribution >= 0.6 is 0 Å². The van der Waals surface area contributed by atoms with Gasteiger partial charge in [0.1, 0.15) is 11.8 Å². The molecule has 12 nitrogen and oxygen atoms in total. The van der Waals surface area contributed by atoms with Crippen molar-refractivity contribution in [3.05, 3.63) is 52.3 Å². The van der Waals surface area contributed by atoms with E-state index in [-0.39, 0.29) is 62.1 Å². The van der Waals surface area contributed by atoms with Gasteiger partial charge in [-0.2, -0.15) is 0 Å². The molecule has 0 saturated carbocycles. The number of alkyl halides is 2. The number of cyclic esters (lactones) is 1. The second-order valence-corrected chi connectivity index (χ2v) is 11.0. The van der Waals surface area contributed by atoms with Crippen LogP contribution in [0.3, 0.4) is 0 Å². The van der Waals surface area contributed by atoms with Crippen LogP contribution < -0.4 is 20.7 Å². The number of morpholine rings is 1. The molecule has 1 aromatic heterocycles. The van der Waals surface area contributed by atoms with Crippen LogP contribution in [-0.2, 0) is 27.4 Å². The molecule has 1 atom stereocenters. The Hall–Kier alpha value is -4.60. The first-order chi connectivity index (χ1) is 21.6. The van der Waals surface area contributed by atoms with Crippen LogP contribution in [0.5, 0.6) is 0 Å². The highest BCUT2D eigenvalue weighted by molar-refractivity contribution is 5.93. The maximum atomic E-state index is 15.4. The largest absolute Gasteiger partial charge is 0.444 e. The minimum Gasteiger partial charge on any atom is -0.444 e. The van der Waals surface area contributed by atoms with Crippen LogP contribution in [0.15, 0.2) is 35.1 Å². The lowest BCUT2D eigenvalue weighted by Gasteiger charge is -2.26. The number of nitrogens with one attached hydrogen (secondary N) is 1. The number of rotatable bonds is 7. The zero-order valence-corrected chi connectivity index (χ0v) is 24.0. The summed E-state index contributed by atoms with van der Waals surface area (Å²) in [5, 5.41) is 3.22. The SMILES string of the molecule is O=C(CC[C@H]1CN(c2cc(F)c(N3CCn4c(=O)c5cc(NC(=O)N6CCOCC6)ccc5n4CC3)c(F)c2)C(=O)O1)C(F)F. The molecule has 2 aromatic carbocycles. The minimum absolute atomic E-state index is 0.107. The quantitative estimate of drug-likeness (QED) is 0.396. The number of aromatic nitrogens is 2. The summed E-state index contributed by atoms with van der Waals surface area (Å²) < 4.78 is 69.4. The third-order valence-corrected chi connectivity index (χ3v) is 8.20. The highest BCUT2D eigenvalue weighted by Gasteiger charge is 2.34. The van der Waals surface area contributed by atoms with E-state index in [2.05, 4.69) is 5.32 Å². The Labute approximate surface area is 253 Å². The van der Waals surface area contributed by atoms with Gasteiger partial charge in [0.25, 0.3) is 12.0 Å². The number of halogens is 4. The van der Waals surface area contributed by atoms with Crippen molar-refractivity contribution >= 4 is 45.9 Å². The first kappa shape index (κ1) is 30.4. The molecule has 0 bridgehead atoms. The lowest BCUT2D eigenvalue weighted by atomic mass is 10.1. The van der Waals surface area contributed by atoms with Crippen molar-refractivity contribution in [2.24, 2.45) is 0 Å². The highest BCUT2D eigenvalue weighted by Crippen LogP contribution is 2.32. The molecule has 16 heteroatoms. The Morgan fingerprint density at radius 3 is 2.31 bits per heavy atom. The number of ether oxygens (including phenoxy) is 2. The summed E-state index contributed by atoms with van der Waals surface area (Å²) >= 11 is 0. The zero-order valence-electron chi connectivity index (χ0n) is 24.0. The number of nitrogens with zero attached hydrogens (tertiary/aromatic N) is 5. The first-order valence-corrected chi connectivity index (χ1v) is 14.5. The number of hydrogen-bond donors (Lipinski definition) is 1. The summed E-state index contributed by atoms with van der Waals surface area (Å²) in [6.07, 6.45) is -5.53. The fraction of sp³-hybridized carbons (Fsp3) is 0.448. The second kappa shape index (κ2) is 12.4. The predicted molar refractivity (Wildman–Crippen MR) is 154 cm³/mol. The van der Waals surface area contributed by atoms with Crippen molar-refractivity contribution in [1.82, 2.24) is 14.3 Å². The number of ketones is 1. The van der Waals surface area contributed by atoms with Gasteiger partial charge in [-0.05, 0) is 24.6 Å². The summed E-state index contributed by atoms with van der Waals surface area (Å²) in [6.45, 7) is 2.34. The maximum Gasteiger partial charge on any atom is 0.414 e. The molecule has 2 fully saturated rings. The van der Waals surface area contributed by atoms with E-state index in [1.807, 2.05) is 0 Å². The van der Waals surface area contributed by atoms with E-state index in [9.17, 15) is 28.0 Å². The van der Waals surface area contributed by atoms with E-state index in [1.54, 1.807) is 27.8 Å². The van der Waals surface area contributed by atoms with Crippen LogP contribution in [-0.4, -0.2) is 90.6 Å². The molecule has 0 spiro atoms. The molecule has 0 radical (unpaired) electrons. The summed E-state index contributed by atoms with van der Waals surface area (Å²) in [5.41, 5.74) is 0.351. The van der Waals surface area contributed by atoms with Gasteiger partial charge in [0.05, 0.1) is 49.4 Å². The van der Waals surface area contributed by atoms with Crippen LogP contribution in [0.4, 0.5) is 44.2 Å². The fourth-order valence-corrected chi connectivity index (χ4v) is 5.89. The van der Waals surface area contributed by atoms with Crippen molar-refractivity contribution in [3.63, 3.8) is 0 Å². The molecule has 6 rings (SSSR count). The van der Waals surface area contributed by atoms with Gasteiger partial charge in [-0.15, -0.1) is 0 Å². The number of benzene rings is 2. The van der Waals surface area contributed by atoms with Gasteiger partial charge in [0.2, 0.25) is 0 Å².